The molecule has 0 saturated carbocycles. The third kappa shape index (κ3) is 8.07. The summed E-state index contributed by atoms with van der Waals surface area (Å²) >= 11 is 2.04. The molecule has 0 amide bonds. The van der Waals surface area contributed by atoms with E-state index in [2.05, 4.69) is 46.7 Å². The van der Waals surface area contributed by atoms with Crippen molar-refractivity contribution in [3.05, 3.63) is 29.8 Å². The van der Waals surface area contributed by atoms with Crippen molar-refractivity contribution in [2.45, 2.75) is 26.3 Å². The molecule has 0 radical (unpaired) electrons. The second kappa shape index (κ2) is 13.0. The number of hydrogen-bond acceptors (Lipinski definition) is 5. The second-order valence-electron chi connectivity index (χ2n) is 7.55. The van der Waals surface area contributed by atoms with Crippen LogP contribution in [0.2, 0.25) is 0 Å². The fraction of sp³-hybridized carbons (Fsp3) is 0.682. The van der Waals surface area contributed by atoms with Gasteiger partial charge in [0.05, 0.1) is 19.8 Å². The van der Waals surface area contributed by atoms with Crippen LogP contribution in [0.4, 0.5) is 5.69 Å². The maximum Gasteiger partial charge on any atom is 0.191 e. The van der Waals surface area contributed by atoms with Crippen LogP contribution in [0.15, 0.2) is 29.3 Å². The lowest BCUT2D eigenvalue weighted by Crippen LogP contribution is -2.38. The largest absolute Gasteiger partial charge is 0.381 e. The molecule has 0 aliphatic carbocycles. The average Bonchev–Trinajstić information content (AvgIpc) is 3.29. The Morgan fingerprint density at radius 2 is 2.07 bits per heavy atom. The van der Waals surface area contributed by atoms with E-state index in [0.29, 0.717) is 12.5 Å². The Hall–Kier alpha value is -1.44. The maximum absolute atomic E-state index is 5.76. The molecular weight excluding hydrogens is 384 g/mol. The smallest absolute Gasteiger partial charge is 0.191 e. The topological polar surface area (TPSA) is 58.1 Å². The van der Waals surface area contributed by atoms with Crippen LogP contribution in [0.1, 0.15) is 25.3 Å². The van der Waals surface area contributed by atoms with Crippen LogP contribution in [-0.2, 0) is 16.0 Å². The lowest BCUT2D eigenvalue weighted by Gasteiger charge is -2.28. The molecule has 1 unspecified atom stereocenters. The molecule has 1 aromatic rings. The van der Waals surface area contributed by atoms with Gasteiger partial charge in [-0.3, -0.25) is 0 Å². The number of ether oxygens (including phenoxy) is 2. The second-order valence-corrected chi connectivity index (χ2v) is 8.77. The molecule has 1 aromatic carbocycles. The van der Waals surface area contributed by atoms with Crippen LogP contribution in [0.3, 0.4) is 0 Å². The van der Waals surface area contributed by atoms with Crippen molar-refractivity contribution in [1.82, 2.24) is 10.6 Å². The number of aliphatic imine (C=N–C) groups is 1. The predicted octanol–water partition coefficient (Wildman–Crippen LogP) is 2.74. The highest BCUT2D eigenvalue weighted by Crippen LogP contribution is 2.20. The van der Waals surface area contributed by atoms with Gasteiger partial charge in [0.1, 0.15) is 0 Å². The molecule has 1 atom stereocenters. The molecule has 162 valence electrons. The van der Waals surface area contributed by atoms with Gasteiger partial charge in [0.15, 0.2) is 5.96 Å². The molecule has 0 aromatic heterocycles. The van der Waals surface area contributed by atoms with Gasteiger partial charge in [-0.15, -0.1) is 0 Å². The van der Waals surface area contributed by atoms with Crippen molar-refractivity contribution in [3.63, 3.8) is 0 Å². The van der Waals surface area contributed by atoms with Crippen LogP contribution in [-0.4, -0.2) is 70.1 Å². The van der Waals surface area contributed by atoms with E-state index in [4.69, 9.17) is 14.5 Å². The number of nitrogens with zero attached hydrogens (tertiary/aromatic N) is 2. The number of anilines is 1. The average molecular weight is 421 g/mol. The molecular formula is C22H36N4O2S. The van der Waals surface area contributed by atoms with Gasteiger partial charge in [-0.25, -0.2) is 4.99 Å². The molecule has 7 heteroatoms. The Kier molecular flexibility index (Phi) is 9.96. The van der Waals surface area contributed by atoms with Gasteiger partial charge in [0, 0.05) is 62.5 Å². The van der Waals surface area contributed by atoms with Gasteiger partial charge in [-0.05, 0) is 37.5 Å². The van der Waals surface area contributed by atoms with E-state index in [1.54, 1.807) is 0 Å². The van der Waals surface area contributed by atoms with Crippen molar-refractivity contribution in [3.8, 4) is 0 Å². The van der Waals surface area contributed by atoms with Crippen LogP contribution >= 0.6 is 11.8 Å². The Labute approximate surface area is 179 Å². The Balaban J connectivity index is 1.36. The molecule has 2 aliphatic rings. The highest BCUT2D eigenvalue weighted by atomic mass is 32.2. The van der Waals surface area contributed by atoms with E-state index < -0.39 is 0 Å². The Morgan fingerprint density at radius 3 is 2.79 bits per heavy atom. The number of rotatable bonds is 10. The molecule has 0 spiro atoms. The fourth-order valence-electron chi connectivity index (χ4n) is 3.49. The normalized spacial score (nSPS) is 20.1. The third-order valence-corrected chi connectivity index (χ3v) is 6.15. The number of nitrogens with one attached hydrogen (secondary N) is 2. The number of benzene rings is 1. The summed E-state index contributed by atoms with van der Waals surface area (Å²) in [4.78, 5) is 7.20. The molecule has 29 heavy (non-hydrogen) atoms. The van der Waals surface area contributed by atoms with Crippen LogP contribution < -0.4 is 15.5 Å². The summed E-state index contributed by atoms with van der Waals surface area (Å²) in [6, 6.07) is 8.86. The zero-order valence-corrected chi connectivity index (χ0v) is 18.5. The standard InChI is InChI=1S/C22H36N4O2S/c1-2-23-22(24-9-3-12-27-17-20-8-13-28-18-20)25-16-19-4-6-21(7-5-19)26-10-14-29-15-11-26/h4-7,20H,2-3,8-18H2,1H3,(H2,23,24,25). The summed E-state index contributed by atoms with van der Waals surface area (Å²) in [6.45, 7) is 10.1. The first kappa shape index (κ1) is 22.2. The van der Waals surface area contributed by atoms with E-state index in [9.17, 15) is 0 Å². The summed E-state index contributed by atoms with van der Waals surface area (Å²) in [7, 11) is 0. The number of guanidine groups is 1. The van der Waals surface area contributed by atoms with E-state index in [0.717, 1.165) is 71.4 Å². The van der Waals surface area contributed by atoms with E-state index in [-0.39, 0.29) is 0 Å². The van der Waals surface area contributed by atoms with Crippen molar-refractivity contribution >= 4 is 23.4 Å². The fourth-order valence-corrected chi connectivity index (χ4v) is 4.39. The predicted molar refractivity (Wildman–Crippen MR) is 123 cm³/mol. The monoisotopic (exact) mass is 420 g/mol. The van der Waals surface area contributed by atoms with E-state index >= 15 is 0 Å². The quantitative estimate of drug-likeness (QED) is 0.345. The molecule has 3 rings (SSSR count). The Bertz CT molecular complexity index is 599. The summed E-state index contributed by atoms with van der Waals surface area (Å²) in [6.07, 6.45) is 2.11. The first-order chi connectivity index (χ1) is 14.3. The van der Waals surface area contributed by atoms with Gasteiger partial charge < -0.3 is 25.0 Å². The van der Waals surface area contributed by atoms with Crippen LogP contribution in [0.5, 0.6) is 0 Å². The third-order valence-electron chi connectivity index (χ3n) is 5.21. The first-order valence-corrected chi connectivity index (χ1v) is 12.1. The zero-order chi connectivity index (χ0) is 20.2. The van der Waals surface area contributed by atoms with Gasteiger partial charge in [0.25, 0.3) is 0 Å². The minimum Gasteiger partial charge on any atom is -0.381 e. The van der Waals surface area contributed by atoms with E-state index in [1.165, 1.54) is 22.8 Å². The summed E-state index contributed by atoms with van der Waals surface area (Å²) in [5.74, 6) is 3.91. The minimum atomic E-state index is 0.585. The highest BCUT2D eigenvalue weighted by Gasteiger charge is 2.15. The molecule has 2 aliphatic heterocycles. The summed E-state index contributed by atoms with van der Waals surface area (Å²) in [5, 5.41) is 6.73. The van der Waals surface area contributed by atoms with Gasteiger partial charge >= 0.3 is 0 Å². The van der Waals surface area contributed by atoms with Gasteiger partial charge in [0.2, 0.25) is 0 Å². The molecule has 0 bridgehead atoms. The van der Waals surface area contributed by atoms with Crippen LogP contribution in [0.25, 0.3) is 0 Å². The van der Waals surface area contributed by atoms with Crippen molar-refractivity contribution in [2.24, 2.45) is 10.9 Å². The maximum atomic E-state index is 5.76. The van der Waals surface area contributed by atoms with Crippen molar-refractivity contribution < 1.29 is 9.47 Å². The lowest BCUT2D eigenvalue weighted by molar-refractivity contribution is 0.0888. The lowest BCUT2D eigenvalue weighted by atomic mass is 10.1. The van der Waals surface area contributed by atoms with Gasteiger partial charge in [-0.2, -0.15) is 11.8 Å². The number of hydrogen-bond donors (Lipinski definition) is 2. The minimum absolute atomic E-state index is 0.585. The van der Waals surface area contributed by atoms with Crippen molar-refractivity contribution in [1.29, 1.82) is 0 Å². The Morgan fingerprint density at radius 1 is 1.24 bits per heavy atom. The molecule has 2 N–H and O–H groups in total. The summed E-state index contributed by atoms with van der Waals surface area (Å²) < 4.78 is 11.1. The summed E-state index contributed by atoms with van der Waals surface area (Å²) in [5.41, 5.74) is 2.56. The molecule has 2 fully saturated rings. The SMILES string of the molecule is CCNC(=NCc1ccc(N2CCSCC2)cc1)NCCCOCC1CCOC1. The molecule has 2 heterocycles. The zero-order valence-electron chi connectivity index (χ0n) is 17.7. The first-order valence-electron chi connectivity index (χ1n) is 10.9. The highest BCUT2D eigenvalue weighted by molar-refractivity contribution is 7.99. The van der Waals surface area contributed by atoms with Crippen molar-refractivity contribution in [2.75, 3.05) is 69.0 Å². The van der Waals surface area contributed by atoms with E-state index in [1.807, 2.05) is 11.8 Å². The molecule has 2 saturated heterocycles. The van der Waals surface area contributed by atoms with Crippen LogP contribution in [0, 0.1) is 5.92 Å². The van der Waals surface area contributed by atoms with Gasteiger partial charge in [-0.1, -0.05) is 12.1 Å². The number of thioether (sulfide) groups is 1. The molecule has 6 nitrogen and oxygen atoms in total.